The molecule has 0 bridgehead atoms. The molecular formula is C14H18N4O2. The molecule has 106 valence electrons. The van der Waals surface area contributed by atoms with Crippen molar-refractivity contribution >= 4 is 17.3 Å². The molecule has 0 unspecified atom stereocenters. The summed E-state index contributed by atoms with van der Waals surface area (Å²) in [6.45, 7) is 3.77. The Morgan fingerprint density at radius 2 is 2.10 bits per heavy atom. The van der Waals surface area contributed by atoms with Crippen LogP contribution in [0.15, 0.2) is 24.3 Å². The van der Waals surface area contributed by atoms with Crippen LogP contribution in [0.25, 0.3) is 0 Å². The molecule has 2 aromatic rings. The average Bonchev–Trinajstić information content (AvgIpc) is 2.67. The number of benzene rings is 1. The van der Waals surface area contributed by atoms with Crippen LogP contribution in [0.4, 0.5) is 11.4 Å². The fraction of sp³-hybridized carbons (Fsp3) is 0.286. The van der Waals surface area contributed by atoms with E-state index in [0.29, 0.717) is 17.1 Å². The number of nitrogens with one attached hydrogen (secondary N) is 1. The van der Waals surface area contributed by atoms with Crippen LogP contribution in [0.1, 0.15) is 11.4 Å². The van der Waals surface area contributed by atoms with Gasteiger partial charge < -0.3 is 15.8 Å². The summed E-state index contributed by atoms with van der Waals surface area (Å²) < 4.78 is 6.78. The quantitative estimate of drug-likeness (QED) is 0.889. The van der Waals surface area contributed by atoms with Crippen LogP contribution < -0.4 is 15.8 Å². The molecule has 0 saturated heterocycles. The van der Waals surface area contributed by atoms with E-state index in [0.717, 1.165) is 11.4 Å². The molecule has 0 aliphatic rings. The molecule has 3 N–H and O–H groups in total. The molecule has 1 amide bonds. The lowest BCUT2D eigenvalue weighted by Gasteiger charge is -2.10. The van der Waals surface area contributed by atoms with Gasteiger partial charge in [-0.05, 0) is 26.0 Å². The number of ether oxygens (including phenoxy) is 1. The van der Waals surface area contributed by atoms with Crippen molar-refractivity contribution in [2.45, 2.75) is 20.4 Å². The van der Waals surface area contributed by atoms with E-state index in [1.54, 1.807) is 23.9 Å². The number of nitrogens with zero attached hydrogens (tertiary/aromatic N) is 2. The zero-order valence-electron chi connectivity index (χ0n) is 11.8. The molecule has 0 saturated carbocycles. The molecule has 0 aliphatic carbocycles. The Morgan fingerprint density at radius 3 is 2.70 bits per heavy atom. The molecule has 6 nitrogen and oxygen atoms in total. The Bertz CT molecular complexity index is 634. The highest BCUT2D eigenvalue weighted by molar-refractivity contribution is 5.92. The fourth-order valence-corrected chi connectivity index (χ4v) is 1.94. The van der Waals surface area contributed by atoms with Gasteiger partial charge >= 0.3 is 0 Å². The van der Waals surface area contributed by atoms with Gasteiger partial charge in [0.15, 0.2) is 0 Å². The number of para-hydroxylation sites is 2. The first-order valence-electron chi connectivity index (χ1n) is 6.25. The highest BCUT2D eigenvalue weighted by atomic mass is 16.5. The van der Waals surface area contributed by atoms with Crippen LogP contribution in [0.5, 0.6) is 5.75 Å². The van der Waals surface area contributed by atoms with Crippen LogP contribution >= 0.6 is 0 Å². The van der Waals surface area contributed by atoms with Gasteiger partial charge in [0.25, 0.3) is 0 Å². The molecule has 2 rings (SSSR count). The Labute approximate surface area is 117 Å². The zero-order chi connectivity index (χ0) is 14.7. The van der Waals surface area contributed by atoms with Crippen molar-refractivity contribution in [1.29, 1.82) is 0 Å². The lowest BCUT2D eigenvalue weighted by Crippen LogP contribution is -2.20. The topological polar surface area (TPSA) is 82.2 Å². The number of carbonyl (C=O) groups is 1. The number of anilines is 2. The summed E-state index contributed by atoms with van der Waals surface area (Å²) in [6, 6.07) is 7.25. The van der Waals surface area contributed by atoms with Crippen LogP contribution in [0.2, 0.25) is 0 Å². The second-order valence-electron chi connectivity index (χ2n) is 4.49. The summed E-state index contributed by atoms with van der Waals surface area (Å²) >= 11 is 0. The number of hydrogen-bond acceptors (Lipinski definition) is 4. The minimum Gasteiger partial charge on any atom is -0.495 e. The van der Waals surface area contributed by atoms with Crippen LogP contribution in [-0.2, 0) is 11.3 Å². The Kier molecular flexibility index (Phi) is 3.93. The van der Waals surface area contributed by atoms with E-state index in [1.807, 2.05) is 26.0 Å². The summed E-state index contributed by atoms with van der Waals surface area (Å²) in [4.78, 5) is 12.1. The summed E-state index contributed by atoms with van der Waals surface area (Å²) in [5.74, 6) is 0.439. The van der Waals surface area contributed by atoms with E-state index < -0.39 is 0 Å². The Hall–Kier alpha value is -2.50. The van der Waals surface area contributed by atoms with Crippen molar-refractivity contribution in [2.24, 2.45) is 0 Å². The maximum absolute atomic E-state index is 12.1. The number of nitrogens with two attached hydrogens (primary N) is 1. The summed E-state index contributed by atoms with van der Waals surface area (Å²) in [6.07, 6.45) is 0. The number of amides is 1. The van der Waals surface area contributed by atoms with Gasteiger partial charge in [0.05, 0.1) is 29.9 Å². The van der Waals surface area contributed by atoms with Crippen molar-refractivity contribution in [3.05, 3.63) is 35.7 Å². The summed E-state index contributed by atoms with van der Waals surface area (Å²) in [7, 11) is 1.56. The van der Waals surface area contributed by atoms with Gasteiger partial charge in [-0.3, -0.25) is 9.48 Å². The highest BCUT2D eigenvalue weighted by Crippen LogP contribution is 2.23. The maximum atomic E-state index is 12.1. The number of carbonyl (C=O) groups excluding carboxylic acids is 1. The number of methoxy groups -OCH3 is 1. The van der Waals surface area contributed by atoms with Crippen molar-refractivity contribution < 1.29 is 9.53 Å². The van der Waals surface area contributed by atoms with Gasteiger partial charge in [0, 0.05) is 0 Å². The van der Waals surface area contributed by atoms with E-state index in [4.69, 9.17) is 10.5 Å². The zero-order valence-corrected chi connectivity index (χ0v) is 11.8. The molecule has 1 aromatic heterocycles. The van der Waals surface area contributed by atoms with E-state index >= 15 is 0 Å². The molecule has 1 heterocycles. The summed E-state index contributed by atoms with van der Waals surface area (Å²) in [5.41, 5.74) is 8.61. The van der Waals surface area contributed by atoms with Gasteiger partial charge in [-0.25, -0.2) is 0 Å². The van der Waals surface area contributed by atoms with Gasteiger partial charge in [-0.15, -0.1) is 0 Å². The second-order valence-corrected chi connectivity index (χ2v) is 4.49. The number of hydrogen-bond donors (Lipinski definition) is 2. The number of nitrogen functional groups attached to an aromatic ring is 1. The van der Waals surface area contributed by atoms with Crippen LogP contribution in [0, 0.1) is 13.8 Å². The predicted molar refractivity (Wildman–Crippen MR) is 77.7 cm³/mol. The van der Waals surface area contributed by atoms with Gasteiger partial charge in [-0.2, -0.15) is 5.10 Å². The average molecular weight is 274 g/mol. The largest absolute Gasteiger partial charge is 0.495 e. The van der Waals surface area contributed by atoms with Crippen molar-refractivity contribution in [2.75, 3.05) is 18.2 Å². The molecular weight excluding hydrogens is 256 g/mol. The number of rotatable bonds is 4. The van der Waals surface area contributed by atoms with Crippen LogP contribution in [0.3, 0.4) is 0 Å². The minimum atomic E-state index is -0.180. The lowest BCUT2D eigenvalue weighted by molar-refractivity contribution is -0.116. The maximum Gasteiger partial charge on any atom is 0.246 e. The van der Waals surface area contributed by atoms with E-state index in [1.165, 1.54) is 0 Å². The first kappa shape index (κ1) is 13.9. The SMILES string of the molecule is COc1ccccc1NC(=O)Cn1nc(C)c(N)c1C. The summed E-state index contributed by atoms with van der Waals surface area (Å²) in [5, 5.41) is 7.03. The van der Waals surface area contributed by atoms with Crippen molar-refractivity contribution in [3.8, 4) is 5.75 Å². The monoisotopic (exact) mass is 274 g/mol. The Morgan fingerprint density at radius 1 is 1.40 bits per heavy atom. The lowest BCUT2D eigenvalue weighted by atomic mass is 10.3. The van der Waals surface area contributed by atoms with E-state index in [9.17, 15) is 4.79 Å². The Balaban J connectivity index is 2.11. The van der Waals surface area contributed by atoms with Gasteiger partial charge in [0.1, 0.15) is 12.3 Å². The molecule has 0 atom stereocenters. The van der Waals surface area contributed by atoms with Gasteiger partial charge in [0.2, 0.25) is 5.91 Å². The van der Waals surface area contributed by atoms with Crippen LogP contribution in [-0.4, -0.2) is 22.8 Å². The molecule has 1 aromatic carbocycles. The predicted octanol–water partition coefficient (Wildman–Crippen LogP) is 1.73. The molecule has 0 aliphatic heterocycles. The second kappa shape index (κ2) is 5.64. The standard InChI is InChI=1S/C14H18N4O2/c1-9-14(15)10(2)18(17-9)8-13(19)16-11-6-4-5-7-12(11)20-3/h4-7H,8,15H2,1-3H3,(H,16,19). The highest BCUT2D eigenvalue weighted by Gasteiger charge is 2.12. The fourth-order valence-electron chi connectivity index (χ4n) is 1.94. The minimum absolute atomic E-state index is 0.113. The number of aryl methyl sites for hydroxylation is 1. The third-order valence-electron chi connectivity index (χ3n) is 3.11. The normalized spacial score (nSPS) is 10.3. The first-order valence-corrected chi connectivity index (χ1v) is 6.25. The third kappa shape index (κ3) is 2.74. The van der Waals surface area contributed by atoms with Crippen molar-refractivity contribution in [1.82, 2.24) is 9.78 Å². The molecule has 0 spiro atoms. The smallest absolute Gasteiger partial charge is 0.246 e. The van der Waals surface area contributed by atoms with Crippen molar-refractivity contribution in [3.63, 3.8) is 0 Å². The number of aromatic nitrogens is 2. The third-order valence-corrected chi connectivity index (χ3v) is 3.11. The molecule has 6 heteroatoms. The van der Waals surface area contributed by atoms with E-state index in [-0.39, 0.29) is 12.5 Å². The molecule has 0 radical (unpaired) electrons. The first-order chi connectivity index (χ1) is 9.52. The van der Waals surface area contributed by atoms with E-state index in [2.05, 4.69) is 10.4 Å². The molecule has 0 fully saturated rings. The van der Waals surface area contributed by atoms with Gasteiger partial charge in [-0.1, -0.05) is 12.1 Å². The molecule has 20 heavy (non-hydrogen) atoms.